The molecule has 0 unspecified atom stereocenters. The minimum Gasteiger partial charge on any atom is -0.297 e. The highest BCUT2D eigenvalue weighted by molar-refractivity contribution is 7.99. The fourth-order valence-electron chi connectivity index (χ4n) is 2.38. The topological polar surface area (TPSA) is 54.5 Å². The van der Waals surface area contributed by atoms with Gasteiger partial charge in [-0.1, -0.05) is 54.2 Å². The summed E-state index contributed by atoms with van der Waals surface area (Å²) in [4.78, 5) is 0. The first-order valence-electron chi connectivity index (χ1n) is 7.93. The number of rotatable bonds is 6. The van der Waals surface area contributed by atoms with E-state index in [4.69, 9.17) is 5.26 Å². The molecule has 0 radical (unpaired) electrons. The quantitative estimate of drug-likeness (QED) is 0.618. The molecule has 3 aromatic rings. The monoisotopic (exact) mass is 352 g/mol. The molecule has 0 aliphatic heterocycles. The zero-order chi connectivity index (χ0) is 17.6. The standard InChI is InChI=1S/C19H17FN4S/c1-14(11-21)13-25-19-23-22-18(16-9-5-6-10-17(16)20)24(19)12-15-7-3-2-4-8-15/h2-10,14H,12-13H2,1H3/t14-/m0/s1. The van der Waals surface area contributed by atoms with Crippen molar-refractivity contribution in [2.45, 2.75) is 18.6 Å². The molecule has 6 heteroatoms. The van der Waals surface area contributed by atoms with Crippen molar-refractivity contribution in [1.29, 1.82) is 5.26 Å². The molecule has 0 fully saturated rings. The Bertz CT molecular complexity index is 886. The van der Waals surface area contributed by atoms with Crippen LogP contribution < -0.4 is 0 Å². The predicted molar refractivity (Wildman–Crippen MR) is 96.5 cm³/mol. The van der Waals surface area contributed by atoms with Crippen LogP contribution in [0.2, 0.25) is 0 Å². The van der Waals surface area contributed by atoms with E-state index in [0.717, 1.165) is 5.56 Å². The highest BCUT2D eigenvalue weighted by Gasteiger charge is 2.18. The van der Waals surface area contributed by atoms with E-state index < -0.39 is 0 Å². The van der Waals surface area contributed by atoms with E-state index in [2.05, 4.69) is 16.3 Å². The van der Waals surface area contributed by atoms with Crippen LogP contribution in [0.5, 0.6) is 0 Å². The lowest BCUT2D eigenvalue weighted by Crippen LogP contribution is -2.06. The van der Waals surface area contributed by atoms with Crippen molar-refractivity contribution in [3.63, 3.8) is 0 Å². The van der Waals surface area contributed by atoms with Gasteiger partial charge in [-0.05, 0) is 24.6 Å². The normalized spacial score (nSPS) is 11.9. The largest absolute Gasteiger partial charge is 0.297 e. The number of hydrogen-bond acceptors (Lipinski definition) is 4. The lowest BCUT2D eigenvalue weighted by Gasteiger charge is -2.11. The third kappa shape index (κ3) is 4.06. The Morgan fingerprint density at radius 2 is 1.84 bits per heavy atom. The minimum atomic E-state index is -0.328. The number of aromatic nitrogens is 3. The Hall–Kier alpha value is -2.65. The maximum atomic E-state index is 14.2. The van der Waals surface area contributed by atoms with Gasteiger partial charge in [-0.25, -0.2) is 4.39 Å². The number of hydrogen-bond donors (Lipinski definition) is 0. The SMILES string of the molecule is C[C@@H](C#N)CSc1nnc(-c2ccccc2F)n1Cc1ccccc1. The number of benzene rings is 2. The predicted octanol–water partition coefficient (Wildman–Crippen LogP) is 4.38. The third-order valence-corrected chi connectivity index (χ3v) is 4.92. The summed E-state index contributed by atoms with van der Waals surface area (Å²) in [6.07, 6.45) is 0. The summed E-state index contributed by atoms with van der Waals surface area (Å²) in [5.74, 6) is 0.685. The minimum absolute atomic E-state index is 0.0937. The molecule has 0 aliphatic rings. The fraction of sp³-hybridized carbons (Fsp3) is 0.211. The van der Waals surface area contributed by atoms with Crippen LogP contribution in [0, 0.1) is 23.1 Å². The van der Waals surface area contributed by atoms with Crippen molar-refractivity contribution in [2.24, 2.45) is 5.92 Å². The van der Waals surface area contributed by atoms with E-state index in [1.54, 1.807) is 18.2 Å². The van der Waals surface area contributed by atoms with Crippen molar-refractivity contribution >= 4 is 11.8 Å². The lowest BCUT2D eigenvalue weighted by atomic mass is 10.2. The van der Waals surface area contributed by atoms with Crippen LogP contribution in [-0.2, 0) is 6.54 Å². The average Bonchev–Trinajstić information content (AvgIpc) is 3.03. The van der Waals surface area contributed by atoms with E-state index in [-0.39, 0.29) is 11.7 Å². The van der Waals surface area contributed by atoms with Gasteiger partial charge in [0.1, 0.15) is 5.82 Å². The molecule has 0 bridgehead atoms. The van der Waals surface area contributed by atoms with Crippen LogP contribution in [0.15, 0.2) is 59.8 Å². The van der Waals surface area contributed by atoms with Gasteiger partial charge < -0.3 is 0 Å². The second-order valence-electron chi connectivity index (χ2n) is 5.70. The number of thioether (sulfide) groups is 1. The van der Waals surface area contributed by atoms with E-state index in [1.165, 1.54) is 17.8 Å². The van der Waals surface area contributed by atoms with Crippen molar-refractivity contribution in [3.8, 4) is 17.5 Å². The van der Waals surface area contributed by atoms with Crippen LogP contribution in [0.4, 0.5) is 4.39 Å². The second kappa shape index (κ2) is 7.95. The number of nitrogens with zero attached hydrogens (tertiary/aromatic N) is 4. The first-order chi connectivity index (χ1) is 12.2. The summed E-state index contributed by atoms with van der Waals surface area (Å²) in [7, 11) is 0. The first-order valence-corrected chi connectivity index (χ1v) is 8.92. The van der Waals surface area contributed by atoms with Gasteiger partial charge in [0.05, 0.1) is 24.1 Å². The molecule has 0 aliphatic carbocycles. The average molecular weight is 352 g/mol. The smallest absolute Gasteiger partial charge is 0.191 e. The lowest BCUT2D eigenvalue weighted by molar-refractivity contribution is 0.626. The van der Waals surface area contributed by atoms with Gasteiger partial charge in [-0.3, -0.25) is 4.57 Å². The fourth-order valence-corrected chi connectivity index (χ4v) is 3.26. The van der Waals surface area contributed by atoms with E-state index in [0.29, 0.717) is 28.8 Å². The van der Waals surface area contributed by atoms with Crippen LogP contribution in [-0.4, -0.2) is 20.5 Å². The van der Waals surface area contributed by atoms with Gasteiger partial charge in [0.25, 0.3) is 0 Å². The van der Waals surface area contributed by atoms with Crippen molar-refractivity contribution in [2.75, 3.05) is 5.75 Å². The number of nitriles is 1. The molecule has 0 saturated heterocycles. The van der Waals surface area contributed by atoms with Gasteiger partial charge in [0.15, 0.2) is 11.0 Å². The summed E-state index contributed by atoms with van der Waals surface area (Å²) in [6, 6.07) is 18.7. The summed E-state index contributed by atoms with van der Waals surface area (Å²) < 4.78 is 16.1. The molecule has 0 spiro atoms. The molecule has 4 nitrogen and oxygen atoms in total. The zero-order valence-corrected chi connectivity index (χ0v) is 14.6. The molecule has 2 aromatic carbocycles. The van der Waals surface area contributed by atoms with Gasteiger partial charge in [-0.2, -0.15) is 5.26 Å². The van der Waals surface area contributed by atoms with Crippen LogP contribution in [0.3, 0.4) is 0 Å². The summed E-state index contributed by atoms with van der Waals surface area (Å²) in [6.45, 7) is 2.41. The second-order valence-corrected chi connectivity index (χ2v) is 6.69. The molecular formula is C19H17FN4S. The van der Waals surface area contributed by atoms with E-state index in [9.17, 15) is 4.39 Å². The van der Waals surface area contributed by atoms with Crippen molar-refractivity contribution in [1.82, 2.24) is 14.8 Å². The Balaban J connectivity index is 1.99. The van der Waals surface area contributed by atoms with Crippen LogP contribution in [0.25, 0.3) is 11.4 Å². The maximum Gasteiger partial charge on any atom is 0.191 e. The third-order valence-electron chi connectivity index (χ3n) is 3.70. The molecule has 3 rings (SSSR count). The van der Waals surface area contributed by atoms with Gasteiger partial charge in [0.2, 0.25) is 0 Å². The molecule has 126 valence electrons. The molecule has 1 atom stereocenters. The molecule has 1 heterocycles. The Labute approximate surface area is 150 Å². The summed E-state index contributed by atoms with van der Waals surface area (Å²) in [5, 5.41) is 18.1. The summed E-state index contributed by atoms with van der Waals surface area (Å²) in [5.41, 5.74) is 1.50. The maximum absolute atomic E-state index is 14.2. The van der Waals surface area contributed by atoms with Crippen LogP contribution in [0.1, 0.15) is 12.5 Å². The Morgan fingerprint density at radius 3 is 2.56 bits per heavy atom. The molecule has 0 amide bonds. The highest BCUT2D eigenvalue weighted by atomic mass is 32.2. The van der Waals surface area contributed by atoms with Crippen molar-refractivity contribution in [3.05, 3.63) is 66.0 Å². The van der Waals surface area contributed by atoms with Crippen molar-refractivity contribution < 1.29 is 4.39 Å². The van der Waals surface area contributed by atoms with Gasteiger partial charge in [-0.15, -0.1) is 10.2 Å². The summed E-state index contributed by atoms with van der Waals surface area (Å²) >= 11 is 1.46. The number of halogens is 1. The van der Waals surface area contributed by atoms with Gasteiger partial charge in [0, 0.05) is 5.75 Å². The highest BCUT2D eigenvalue weighted by Crippen LogP contribution is 2.27. The molecule has 25 heavy (non-hydrogen) atoms. The first kappa shape index (κ1) is 17.2. The van der Waals surface area contributed by atoms with Crippen LogP contribution >= 0.6 is 11.8 Å². The zero-order valence-electron chi connectivity index (χ0n) is 13.8. The van der Waals surface area contributed by atoms with Gasteiger partial charge >= 0.3 is 0 Å². The molecule has 1 aromatic heterocycles. The molecule has 0 N–H and O–H groups in total. The van der Waals surface area contributed by atoms with E-state index in [1.807, 2.05) is 41.8 Å². The molecule has 0 saturated carbocycles. The van der Waals surface area contributed by atoms with E-state index >= 15 is 0 Å². The Kier molecular flexibility index (Phi) is 5.46. The molecular weight excluding hydrogens is 335 g/mol. The Morgan fingerprint density at radius 1 is 1.12 bits per heavy atom.